The number of amides is 1. The average molecular weight is 292 g/mol. The second-order valence-corrected chi connectivity index (χ2v) is 6.22. The summed E-state index contributed by atoms with van der Waals surface area (Å²) in [5, 5.41) is 2.58. The van der Waals surface area contributed by atoms with Crippen molar-refractivity contribution >= 4 is 31.3 Å². The molecule has 0 atom stereocenters. The third-order valence-electron chi connectivity index (χ3n) is 2.26. The maximum atomic E-state index is 11.4. The number of anilines is 1. The van der Waals surface area contributed by atoms with E-state index in [0.717, 1.165) is 0 Å². The van der Waals surface area contributed by atoms with Crippen LogP contribution in [-0.2, 0) is 13.8 Å². The molecule has 1 N–H and O–H groups in total. The molecule has 0 unspecified atom stereocenters. The van der Waals surface area contributed by atoms with E-state index < -0.39 is 9.05 Å². The number of halogens is 1. The van der Waals surface area contributed by atoms with Gasteiger partial charge in [0.15, 0.2) is 5.75 Å². The van der Waals surface area contributed by atoms with E-state index in [4.69, 9.17) is 15.4 Å². The van der Waals surface area contributed by atoms with Gasteiger partial charge in [-0.2, -0.15) is 0 Å². The van der Waals surface area contributed by atoms with Gasteiger partial charge in [-0.05, 0) is 24.6 Å². The summed E-state index contributed by atoms with van der Waals surface area (Å²) in [7, 11) is 2.72. The summed E-state index contributed by atoms with van der Waals surface area (Å²) in [5.41, 5.74) is 0.949. The first-order valence-corrected chi connectivity index (χ1v) is 7.53. The minimum atomic E-state index is -3.94. The first kappa shape index (κ1) is 14.8. The number of methoxy groups -OCH3 is 1. The molecule has 1 rings (SSSR count). The topological polar surface area (TPSA) is 72.5 Å². The van der Waals surface area contributed by atoms with Crippen LogP contribution < -0.4 is 10.1 Å². The third-order valence-corrected chi connectivity index (χ3v) is 3.59. The average Bonchev–Trinajstić information content (AvgIpc) is 2.27. The zero-order valence-corrected chi connectivity index (χ0v) is 11.9. The fraction of sp³-hybridized carbons (Fsp3) is 0.364. The first-order chi connectivity index (χ1) is 8.29. The highest BCUT2D eigenvalue weighted by molar-refractivity contribution is 8.13. The predicted octanol–water partition coefficient (Wildman–Crippen LogP) is 2.28. The van der Waals surface area contributed by atoms with Crippen molar-refractivity contribution in [3.63, 3.8) is 0 Å². The lowest BCUT2D eigenvalue weighted by molar-refractivity contribution is -0.115. The van der Waals surface area contributed by atoms with Crippen LogP contribution in [0.2, 0.25) is 0 Å². The highest BCUT2D eigenvalue weighted by Crippen LogP contribution is 2.35. The van der Waals surface area contributed by atoms with E-state index in [-0.39, 0.29) is 23.0 Å². The van der Waals surface area contributed by atoms with Crippen molar-refractivity contribution < 1.29 is 17.9 Å². The van der Waals surface area contributed by atoms with Crippen LogP contribution in [0.3, 0.4) is 0 Å². The Labute approximate surface area is 111 Å². The van der Waals surface area contributed by atoms with E-state index >= 15 is 0 Å². The zero-order valence-electron chi connectivity index (χ0n) is 10.3. The Morgan fingerprint density at radius 1 is 1.44 bits per heavy atom. The third kappa shape index (κ3) is 3.36. The molecule has 0 saturated carbocycles. The van der Waals surface area contributed by atoms with Crippen molar-refractivity contribution in [2.75, 3.05) is 12.4 Å². The molecule has 1 aromatic rings. The molecule has 18 heavy (non-hydrogen) atoms. The molecule has 0 radical (unpaired) electrons. The molecule has 0 fully saturated rings. The number of benzene rings is 1. The van der Waals surface area contributed by atoms with E-state index in [9.17, 15) is 13.2 Å². The molecule has 0 aliphatic rings. The number of hydrogen-bond donors (Lipinski definition) is 1. The van der Waals surface area contributed by atoms with Gasteiger partial charge >= 0.3 is 0 Å². The Balaban J connectivity index is 3.43. The van der Waals surface area contributed by atoms with Crippen molar-refractivity contribution in [2.45, 2.75) is 25.2 Å². The molecule has 100 valence electrons. The van der Waals surface area contributed by atoms with Gasteiger partial charge in [0.1, 0.15) is 4.90 Å². The van der Waals surface area contributed by atoms with Crippen molar-refractivity contribution in [2.24, 2.45) is 0 Å². The molecule has 0 bridgehead atoms. The van der Waals surface area contributed by atoms with Gasteiger partial charge in [-0.15, -0.1) is 0 Å². The number of nitrogens with one attached hydrogen (secondary N) is 1. The SMILES string of the molecule is CCC(=O)Nc1cc(C)cc(S(=O)(=O)Cl)c1OC. The molecular formula is C11H14ClNO4S. The van der Waals surface area contributed by atoms with Gasteiger partial charge in [-0.3, -0.25) is 4.79 Å². The standard InChI is InChI=1S/C11H14ClNO4S/c1-4-10(14)13-8-5-7(2)6-9(11(8)17-3)18(12,15)16/h5-6H,4H2,1-3H3,(H,13,14). The predicted molar refractivity (Wildman–Crippen MR) is 69.7 cm³/mol. The maximum Gasteiger partial charge on any atom is 0.265 e. The molecule has 0 aliphatic heterocycles. The van der Waals surface area contributed by atoms with Crippen LogP contribution in [0.15, 0.2) is 17.0 Å². The van der Waals surface area contributed by atoms with Crippen LogP contribution in [0.25, 0.3) is 0 Å². The molecule has 7 heteroatoms. The Kier molecular flexibility index (Phi) is 4.59. The molecule has 0 spiro atoms. The van der Waals surface area contributed by atoms with Gasteiger partial charge in [0, 0.05) is 17.1 Å². The van der Waals surface area contributed by atoms with Crippen LogP contribution in [0.5, 0.6) is 5.75 Å². The van der Waals surface area contributed by atoms with Crippen molar-refractivity contribution in [1.29, 1.82) is 0 Å². The fourth-order valence-electron chi connectivity index (χ4n) is 1.46. The van der Waals surface area contributed by atoms with Crippen LogP contribution in [0.1, 0.15) is 18.9 Å². The Morgan fingerprint density at radius 2 is 2.06 bits per heavy atom. The summed E-state index contributed by atoms with van der Waals surface area (Å²) in [6.45, 7) is 3.39. The van der Waals surface area contributed by atoms with Crippen LogP contribution in [0.4, 0.5) is 5.69 Å². The quantitative estimate of drug-likeness (QED) is 0.864. The summed E-state index contributed by atoms with van der Waals surface area (Å²) in [6.07, 6.45) is 0.278. The molecule has 5 nitrogen and oxygen atoms in total. The lowest BCUT2D eigenvalue weighted by Crippen LogP contribution is -2.12. The minimum absolute atomic E-state index is 0.0393. The van der Waals surface area contributed by atoms with Crippen molar-refractivity contribution in [3.05, 3.63) is 17.7 Å². The van der Waals surface area contributed by atoms with Crippen LogP contribution >= 0.6 is 10.7 Å². The van der Waals surface area contributed by atoms with Gasteiger partial charge < -0.3 is 10.1 Å². The van der Waals surface area contributed by atoms with E-state index in [1.807, 2.05) is 0 Å². The number of carbonyl (C=O) groups is 1. The fourth-order valence-corrected chi connectivity index (χ4v) is 2.55. The largest absolute Gasteiger partial charge is 0.493 e. The number of rotatable bonds is 4. The number of ether oxygens (including phenoxy) is 1. The van der Waals surface area contributed by atoms with Gasteiger partial charge in [-0.25, -0.2) is 8.42 Å². The summed E-state index contributed by atoms with van der Waals surface area (Å²) in [6, 6.07) is 3.01. The molecule has 0 aromatic heterocycles. The Morgan fingerprint density at radius 3 is 2.50 bits per heavy atom. The highest BCUT2D eigenvalue weighted by Gasteiger charge is 2.21. The van der Waals surface area contributed by atoms with Gasteiger partial charge in [-0.1, -0.05) is 6.92 Å². The Hall–Kier alpha value is -1.27. The van der Waals surface area contributed by atoms with Crippen molar-refractivity contribution in [1.82, 2.24) is 0 Å². The molecule has 1 aromatic carbocycles. The van der Waals surface area contributed by atoms with Gasteiger partial charge in [0.05, 0.1) is 12.8 Å². The van der Waals surface area contributed by atoms with Crippen molar-refractivity contribution in [3.8, 4) is 5.75 Å². The zero-order chi connectivity index (χ0) is 13.9. The minimum Gasteiger partial charge on any atom is -0.493 e. The summed E-state index contributed by atoms with van der Waals surface area (Å²) >= 11 is 0. The summed E-state index contributed by atoms with van der Waals surface area (Å²) in [4.78, 5) is 11.2. The molecule has 0 saturated heterocycles. The van der Waals surface area contributed by atoms with Gasteiger partial charge in [0.25, 0.3) is 9.05 Å². The number of aryl methyl sites for hydroxylation is 1. The molecule has 0 aliphatic carbocycles. The normalized spacial score (nSPS) is 11.1. The second kappa shape index (κ2) is 5.58. The lowest BCUT2D eigenvalue weighted by atomic mass is 10.2. The highest BCUT2D eigenvalue weighted by atomic mass is 35.7. The summed E-state index contributed by atoms with van der Waals surface area (Å²) < 4.78 is 27.9. The van der Waals surface area contributed by atoms with E-state index in [0.29, 0.717) is 11.3 Å². The van der Waals surface area contributed by atoms with Crippen LogP contribution in [-0.4, -0.2) is 21.4 Å². The van der Waals surface area contributed by atoms with E-state index in [2.05, 4.69) is 5.32 Å². The Bertz CT molecular complexity index is 569. The van der Waals surface area contributed by atoms with Gasteiger partial charge in [0.2, 0.25) is 5.91 Å². The second-order valence-electron chi connectivity index (χ2n) is 3.68. The smallest absolute Gasteiger partial charge is 0.265 e. The van der Waals surface area contributed by atoms with E-state index in [1.54, 1.807) is 19.9 Å². The monoisotopic (exact) mass is 291 g/mol. The number of hydrogen-bond acceptors (Lipinski definition) is 4. The number of carbonyl (C=O) groups excluding carboxylic acids is 1. The summed E-state index contributed by atoms with van der Waals surface area (Å²) in [5.74, 6) is -0.200. The maximum absolute atomic E-state index is 11.4. The molecule has 0 heterocycles. The molecule has 1 amide bonds. The first-order valence-electron chi connectivity index (χ1n) is 5.22. The van der Waals surface area contributed by atoms with E-state index in [1.165, 1.54) is 13.2 Å². The van der Waals surface area contributed by atoms with Crippen LogP contribution in [0, 0.1) is 6.92 Å². The molecular weight excluding hydrogens is 278 g/mol. The lowest BCUT2D eigenvalue weighted by Gasteiger charge is -2.13.